The van der Waals surface area contributed by atoms with Gasteiger partial charge >= 0.3 is 0 Å². The predicted molar refractivity (Wildman–Crippen MR) is 81.3 cm³/mol. The number of piperazine rings is 1. The van der Waals surface area contributed by atoms with Gasteiger partial charge in [-0.3, -0.25) is 4.98 Å². The monoisotopic (exact) mass is 280 g/mol. The topological polar surface area (TPSA) is 58.4 Å². The zero-order valence-corrected chi connectivity index (χ0v) is 11.6. The second-order valence-corrected chi connectivity index (χ2v) is 5.07. The van der Waals surface area contributed by atoms with Crippen molar-refractivity contribution in [3.8, 4) is 11.4 Å². The number of fused-ring (bicyclic) bond motifs is 1. The third-order valence-corrected chi connectivity index (χ3v) is 3.76. The molecule has 0 bridgehead atoms. The number of nitrogens with one attached hydrogen (secondary N) is 1. The predicted octanol–water partition coefficient (Wildman–Crippen LogP) is 1.20. The standard InChI is InChI=1S/C15H16N6/c1-2-14(21-10-7-17-11-12(1)21)13-3-4-18-15(19-13)20-8-5-16-6-9-20/h1-4,7,10-11,16H,5-6,8-9H2. The largest absolute Gasteiger partial charge is 0.338 e. The van der Waals surface area contributed by atoms with Gasteiger partial charge in [0.2, 0.25) is 5.95 Å². The molecule has 0 radical (unpaired) electrons. The lowest BCUT2D eigenvalue weighted by Crippen LogP contribution is -2.44. The highest BCUT2D eigenvalue weighted by atomic mass is 15.3. The molecule has 0 unspecified atom stereocenters. The third-order valence-electron chi connectivity index (χ3n) is 3.76. The molecule has 6 nitrogen and oxygen atoms in total. The second-order valence-electron chi connectivity index (χ2n) is 5.07. The van der Waals surface area contributed by atoms with Crippen molar-refractivity contribution in [3.63, 3.8) is 0 Å². The van der Waals surface area contributed by atoms with Crippen molar-refractivity contribution in [2.24, 2.45) is 0 Å². The number of rotatable bonds is 2. The number of nitrogens with zero attached hydrogens (tertiary/aromatic N) is 5. The lowest BCUT2D eigenvalue weighted by atomic mass is 10.3. The van der Waals surface area contributed by atoms with Gasteiger partial charge in [-0.2, -0.15) is 0 Å². The number of anilines is 1. The first-order chi connectivity index (χ1) is 10.4. The summed E-state index contributed by atoms with van der Waals surface area (Å²) in [5, 5.41) is 3.34. The molecule has 1 saturated heterocycles. The van der Waals surface area contributed by atoms with E-state index < -0.39 is 0 Å². The average molecular weight is 280 g/mol. The summed E-state index contributed by atoms with van der Waals surface area (Å²) in [5.74, 6) is 0.804. The molecule has 0 saturated carbocycles. The molecule has 0 aromatic carbocycles. The Bertz CT molecular complexity index is 759. The summed E-state index contributed by atoms with van der Waals surface area (Å²) >= 11 is 0. The maximum atomic E-state index is 4.73. The molecule has 1 aliphatic heterocycles. The van der Waals surface area contributed by atoms with Gasteiger partial charge in [0, 0.05) is 44.8 Å². The smallest absolute Gasteiger partial charge is 0.225 e. The van der Waals surface area contributed by atoms with Gasteiger partial charge in [0.15, 0.2) is 0 Å². The Morgan fingerprint density at radius 2 is 1.95 bits per heavy atom. The first-order valence-corrected chi connectivity index (χ1v) is 7.12. The van der Waals surface area contributed by atoms with Crippen LogP contribution in [0.1, 0.15) is 0 Å². The van der Waals surface area contributed by atoms with Gasteiger partial charge in [0.25, 0.3) is 0 Å². The Balaban J connectivity index is 1.75. The van der Waals surface area contributed by atoms with E-state index in [0.717, 1.165) is 49.0 Å². The van der Waals surface area contributed by atoms with Crippen molar-refractivity contribution in [1.82, 2.24) is 24.7 Å². The Morgan fingerprint density at radius 1 is 1.05 bits per heavy atom. The Kier molecular flexibility index (Phi) is 3.01. The van der Waals surface area contributed by atoms with Gasteiger partial charge < -0.3 is 14.6 Å². The molecule has 1 N–H and O–H groups in total. The molecule has 6 heteroatoms. The molecular weight excluding hydrogens is 264 g/mol. The van der Waals surface area contributed by atoms with Crippen molar-refractivity contribution in [1.29, 1.82) is 0 Å². The van der Waals surface area contributed by atoms with Crippen molar-refractivity contribution >= 4 is 11.5 Å². The fraction of sp³-hybridized carbons (Fsp3) is 0.267. The van der Waals surface area contributed by atoms with E-state index in [0.29, 0.717) is 0 Å². The normalized spacial score (nSPS) is 15.5. The third kappa shape index (κ3) is 2.23. The number of hydrogen-bond donors (Lipinski definition) is 1. The van der Waals surface area contributed by atoms with Gasteiger partial charge in [-0.25, -0.2) is 9.97 Å². The fourth-order valence-electron chi connectivity index (χ4n) is 2.68. The molecule has 3 aromatic rings. The Labute approximate surface area is 122 Å². The molecule has 0 aliphatic carbocycles. The molecule has 0 amide bonds. The maximum absolute atomic E-state index is 4.73. The lowest BCUT2D eigenvalue weighted by Gasteiger charge is -2.27. The molecule has 4 rings (SSSR count). The summed E-state index contributed by atoms with van der Waals surface area (Å²) in [4.78, 5) is 15.5. The van der Waals surface area contributed by atoms with Crippen molar-refractivity contribution in [2.45, 2.75) is 0 Å². The summed E-state index contributed by atoms with van der Waals surface area (Å²) in [7, 11) is 0. The van der Waals surface area contributed by atoms with E-state index in [1.165, 1.54) is 0 Å². The van der Waals surface area contributed by atoms with Crippen LogP contribution in [-0.4, -0.2) is 45.5 Å². The number of aromatic nitrogens is 4. The van der Waals surface area contributed by atoms with Crippen LogP contribution in [0.2, 0.25) is 0 Å². The van der Waals surface area contributed by atoms with Gasteiger partial charge in [0.05, 0.1) is 23.1 Å². The molecule has 0 spiro atoms. The Hall–Kier alpha value is -2.47. The van der Waals surface area contributed by atoms with E-state index >= 15 is 0 Å². The SMILES string of the molecule is c1cn2c(-c3ccnc(N4CCNCC4)n3)ccc2cn1. The fourth-order valence-corrected chi connectivity index (χ4v) is 2.68. The number of hydrogen-bond acceptors (Lipinski definition) is 5. The van der Waals surface area contributed by atoms with Crippen LogP contribution in [0.25, 0.3) is 16.9 Å². The van der Waals surface area contributed by atoms with E-state index in [9.17, 15) is 0 Å². The van der Waals surface area contributed by atoms with E-state index in [1.54, 1.807) is 6.20 Å². The van der Waals surface area contributed by atoms with Gasteiger partial charge in [-0.1, -0.05) is 0 Å². The zero-order chi connectivity index (χ0) is 14.1. The van der Waals surface area contributed by atoms with Gasteiger partial charge in [0.1, 0.15) is 0 Å². The lowest BCUT2D eigenvalue weighted by molar-refractivity contribution is 0.580. The minimum Gasteiger partial charge on any atom is -0.338 e. The van der Waals surface area contributed by atoms with E-state index in [1.807, 2.05) is 24.7 Å². The highest BCUT2D eigenvalue weighted by Crippen LogP contribution is 2.21. The molecule has 3 aromatic heterocycles. The highest BCUT2D eigenvalue weighted by Gasteiger charge is 2.14. The molecule has 106 valence electrons. The van der Waals surface area contributed by atoms with Crippen molar-refractivity contribution < 1.29 is 0 Å². The Morgan fingerprint density at radius 3 is 2.86 bits per heavy atom. The van der Waals surface area contributed by atoms with E-state index in [-0.39, 0.29) is 0 Å². The maximum Gasteiger partial charge on any atom is 0.225 e. The van der Waals surface area contributed by atoms with Crippen molar-refractivity contribution in [3.05, 3.63) is 43.0 Å². The summed E-state index contributed by atoms with van der Waals surface area (Å²) in [6.07, 6.45) is 7.42. The van der Waals surface area contributed by atoms with E-state index in [2.05, 4.69) is 36.7 Å². The zero-order valence-electron chi connectivity index (χ0n) is 11.6. The average Bonchev–Trinajstić information content (AvgIpc) is 3.00. The van der Waals surface area contributed by atoms with Crippen LogP contribution >= 0.6 is 0 Å². The molecular formula is C15H16N6. The van der Waals surface area contributed by atoms with Gasteiger partial charge in [-0.15, -0.1) is 0 Å². The quantitative estimate of drug-likeness (QED) is 0.764. The van der Waals surface area contributed by atoms with Crippen molar-refractivity contribution in [2.75, 3.05) is 31.1 Å². The summed E-state index contributed by atoms with van der Waals surface area (Å²) < 4.78 is 2.09. The molecule has 21 heavy (non-hydrogen) atoms. The van der Waals surface area contributed by atoms with Gasteiger partial charge in [-0.05, 0) is 18.2 Å². The van der Waals surface area contributed by atoms with Crippen LogP contribution in [-0.2, 0) is 0 Å². The first-order valence-electron chi connectivity index (χ1n) is 7.12. The first kappa shape index (κ1) is 12.3. The van der Waals surface area contributed by atoms with Crippen LogP contribution in [0.4, 0.5) is 5.95 Å². The summed E-state index contributed by atoms with van der Waals surface area (Å²) in [6.45, 7) is 3.85. The van der Waals surface area contributed by atoms with E-state index in [4.69, 9.17) is 4.98 Å². The molecule has 1 aliphatic rings. The van der Waals surface area contributed by atoms with Crippen LogP contribution in [0.5, 0.6) is 0 Å². The summed E-state index contributed by atoms with van der Waals surface area (Å²) in [5.41, 5.74) is 3.06. The highest BCUT2D eigenvalue weighted by molar-refractivity contribution is 5.64. The molecule has 4 heterocycles. The van der Waals surface area contributed by atoms with Crippen LogP contribution < -0.4 is 10.2 Å². The van der Waals surface area contributed by atoms with Crippen LogP contribution in [0, 0.1) is 0 Å². The molecule has 1 fully saturated rings. The second kappa shape index (κ2) is 5.14. The summed E-state index contributed by atoms with van der Waals surface area (Å²) in [6, 6.07) is 6.07. The minimum absolute atomic E-state index is 0.804. The van der Waals surface area contributed by atoms with Crippen LogP contribution in [0.3, 0.4) is 0 Å². The minimum atomic E-state index is 0.804. The molecule has 0 atom stereocenters. The van der Waals surface area contributed by atoms with Crippen LogP contribution in [0.15, 0.2) is 43.0 Å².